The van der Waals surface area contributed by atoms with Gasteiger partial charge in [0.2, 0.25) is 0 Å². The van der Waals surface area contributed by atoms with Gasteiger partial charge in [0.1, 0.15) is 0 Å². The van der Waals surface area contributed by atoms with Crippen LogP contribution < -0.4 is 5.73 Å². The fraction of sp³-hybridized carbons (Fsp3) is 0.667. The molecule has 1 aliphatic rings. The minimum atomic E-state index is 0.219. The molecule has 0 bridgehead atoms. The summed E-state index contributed by atoms with van der Waals surface area (Å²) < 4.78 is 0. The molecule has 0 amide bonds. The van der Waals surface area contributed by atoms with Crippen molar-refractivity contribution in [2.75, 3.05) is 0 Å². The van der Waals surface area contributed by atoms with Crippen LogP contribution in [0.5, 0.6) is 0 Å². The van der Waals surface area contributed by atoms with Gasteiger partial charge in [0.15, 0.2) is 0 Å². The second kappa shape index (κ2) is 2.54. The van der Waals surface area contributed by atoms with Crippen LogP contribution >= 0.6 is 11.3 Å². The van der Waals surface area contributed by atoms with Gasteiger partial charge in [0, 0.05) is 10.9 Å². The standard InChI is InChI=1S/C9H14N2S/c1-9(2)3-6(10)8-7(4-9)11-5-12-8/h5-6H,3-4,10H2,1-2H3. The van der Waals surface area contributed by atoms with E-state index in [1.165, 1.54) is 10.6 Å². The van der Waals surface area contributed by atoms with Crippen molar-refractivity contribution in [3.05, 3.63) is 16.1 Å². The summed E-state index contributed by atoms with van der Waals surface area (Å²) in [4.78, 5) is 5.64. The quantitative estimate of drug-likeness (QED) is 0.667. The number of aromatic nitrogens is 1. The van der Waals surface area contributed by atoms with Gasteiger partial charge >= 0.3 is 0 Å². The summed E-state index contributed by atoms with van der Waals surface area (Å²) in [5.41, 5.74) is 9.50. The molecule has 0 saturated heterocycles. The zero-order valence-electron chi connectivity index (χ0n) is 7.50. The Kier molecular flexibility index (Phi) is 1.73. The summed E-state index contributed by atoms with van der Waals surface area (Å²) in [5, 5.41) is 0. The number of nitrogens with two attached hydrogens (primary N) is 1. The van der Waals surface area contributed by atoms with E-state index in [0.717, 1.165) is 12.8 Å². The highest BCUT2D eigenvalue weighted by molar-refractivity contribution is 7.09. The van der Waals surface area contributed by atoms with Crippen LogP contribution in [0.1, 0.15) is 36.9 Å². The van der Waals surface area contributed by atoms with E-state index in [1.807, 2.05) is 5.51 Å². The molecule has 2 N–H and O–H groups in total. The number of hydrogen-bond acceptors (Lipinski definition) is 3. The third kappa shape index (κ3) is 1.27. The normalized spacial score (nSPS) is 26.8. The molecule has 2 rings (SSSR count). The molecule has 2 nitrogen and oxygen atoms in total. The first-order valence-electron chi connectivity index (χ1n) is 4.26. The third-order valence-corrected chi connectivity index (χ3v) is 3.43. The average Bonchev–Trinajstić information content (AvgIpc) is 2.31. The zero-order valence-corrected chi connectivity index (χ0v) is 8.32. The van der Waals surface area contributed by atoms with Gasteiger partial charge in [-0.15, -0.1) is 11.3 Å². The molecule has 0 radical (unpaired) electrons. The number of fused-ring (bicyclic) bond motifs is 1. The van der Waals surface area contributed by atoms with Crippen LogP contribution in [0.25, 0.3) is 0 Å². The molecule has 1 aromatic rings. The maximum absolute atomic E-state index is 6.04. The van der Waals surface area contributed by atoms with Gasteiger partial charge in [0.25, 0.3) is 0 Å². The Hall–Kier alpha value is -0.410. The molecular formula is C9H14N2S. The molecule has 1 heterocycles. The van der Waals surface area contributed by atoms with Gasteiger partial charge in [-0.25, -0.2) is 4.98 Å². The maximum Gasteiger partial charge on any atom is 0.0798 e. The lowest BCUT2D eigenvalue weighted by Crippen LogP contribution is -2.28. The summed E-state index contributed by atoms with van der Waals surface area (Å²) in [5.74, 6) is 0. The molecule has 1 aromatic heterocycles. The molecule has 1 unspecified atom stereocenters. The fourth-order valence-electron chi connectivity index (χ4n) is 1.93. The summed E-state index contributed by atoms with van der Waals surface area (Å²) in [6.07, 6.45) is 2.17. The first kappa shape index (κ1) is 8.20. The van der Waals surface area contributed by atoms with Crippen LogP contribution in [0.3, 0.4) is 0 Å². The molecular weight excluding hydrogens is 168 g/mol. The number of hydrogen-bond donors (Lipinski definition) is 1. The number of thiazole rings is 1. The van der Waals surface area contributed by atoms with E-state index >= 15 is 0 Å². The van der Waals surface area contributed by atoms with Crippen molar-refractivity contribution >= 4 is 11.3 Å². The molecule has 0 spiro atoms. The van der Waals surface area contributed by atoms with E-state index in [4.69, 9.17) is 5.73 Å². The fourth-order valence-corrected chi connectivity index (χ4v) is 2.74. The van der Waals surface area contributed by atoms with Gasteiger partial charge in [-0.05, 0) is 18.3 Å². The highest BCUT2D eigenvalue weighted by Crippen LogP contribution is 2.40. The molecule has 0 aliphatic heterocycles. The Morgan fingerprint density at radius 2 is 2.42 bits per heavy atom. The second-order valence-electron chi connectivity index (χ2n) is 4.31. The number of nitrogens with zero attached hydrogens (tertiary/aromatic N) is 1. The van der Waals surface area contributed by atoms with Crippen molar-refractivity contribution in [3.8, 4) is 0 Å². The zero-order chi connectivity index (χ0) is 8.77. The van der Waals surface area contributed by atoms with Crippen molar-refractivity contribution < 1.29 is 0 Å². The van der Waals surface area contributed by atoms with Crippen LogP contribution in [0.2, 0.25) is 0 Å². The first-order chi connectivity index (χ1) is 5.58. The van der Waals surface area contributed by atoms with Crippen LogP contribution in [0.4, 0.5) is 0 Å². The minimum Gasteiger partial charge on any atom is -0.323 e. The van der Waals surface area contributed by atoms with Crippen molar-refractivity contribution in [3.63, 3.8) is 0 Å². The molecule has 1 aliphatic carbocycles. The van der Waals surface area contributed by atoms with Gasteiger partial charge in [-0.1, -0.05) is 13.8 Å². The monoisotopic (exact) mass is 182 g/mol. The van der Waals surface area contributed by atoms with Crippen LogP contribution in [-0.2, 0) is 6.42 Å². The van der Waals surface area contributed by atoms with Crippen LogP contribution in [0, 0.1) is 5.41 Å². The van der Waals surface area contributed by atoms with E-state index < -0.39 is 0 Å². The van der Waals surface area contributed by atoms with E-state index in [0.29, 0.717) is 5.41 Å². The van der Waals surface area contributed by atoms with Crippen molar-refractivity contribution in [2.24, 2.45) is 11.1 Å². The molecule has 0 saturated carbocycles. The Morgan fingerprint density at radius 3 is 3.17 bits per heavy atom. The minimum absolute atomic E-state index is 0.219. The molecule has 1 atom stereocenters. The predicted octanol–water partition coefficient (Wildman–Crippen LogP) is 2.12. The Balaban J connectivity index is 2.38. The van der Waals surface area contributed by atoms with Crippen molar-refractivity contribution in [1.29, 1.82) is 0 Å². The Labute approximate surface area is 76.8 Å². The SMILES string of the molecule is CC1(C)Cc2ncsc2C(N)C1. The average molecular weight is 182 g/mol. The van der Waals surface area contributed by atoms with Gasteiger partial charge in [-0.2, -0.15) is 0 Å². The molecule has 0 aromatic carbocycles. The third-order valence-electron chi connectivity index (χ3n) is 2.43. The summed E-state index contributed by atoms with van der Waals surface area (Å²) in [6, 6.07) is 0.219. The Morgan fingerprint density at radius 1 is 1.67 bits per heavy atom. The van der Waals surface area contributed by atoms with Crippen molar-refractivity contribution in [2.45, 2.75) is 32.7 Å². The molecule has 66 valence electrons. The van der Waals surface area contributed by atoms with Gasteiger partial charge < -0.3 is 5.73 Å². The van der Waals surface area contributed by atoms with E-state index in [9.17, 15) is 0 Å². The van der Waals surface area contributed by atoms with E-state index in [-0.39, 0.29) is 6.04 Å². The van der Waals surface area contributed by atoms with E-state index in [1.54, 1.807) is 11.3 Å². The lowest BCUT2D eigenvalue weighted by molar-refractivity contribution is 0.282. The van der Waals surface area contributed by atoms with Crippen molar-refractivity contribution in [1.82, 2.24) is 4.98 Å². The lowest BCUT2D eigenvalue weighted by Gasteiger charge is -2.32. The lowest BCUT2D eigenvalue weighted by atomic mass is 9.77. The Bertz CT molecular complexity index is 290. The highest BCUT2D eigenvalue weighted by atomic mass is 32.1. The predicted molar refractivity (Wildman–Crippen MR) is 51.1 cm³/mol. The second-order valence-corrected chi connectivity index (χ2v) is 5.20. The largest absolute Gasteiger partial charge is 0.323 e. The van der Waals surface area contributed by atoms with Crippen LogP contribution in [0.15, 0.2) is 5.51 Å². The van der Waals surface area contributed by atoms with Crippen LogP contribution in [-0.4, -0.2) is 4.98 Å². The molecule has 0 fully saturated rings. The highest BCUT2D eigenvalue weighted by Gasteiger charge is 2.31. The topological polar surface area (TPSA) is 38.9 Å². The molecule has 12 heavy (non-hydrogen) atoms. The number of rotatable bonds is 0. The summed E-state index contributed by atoms with van der Waals surface area (Å²) in [7, 11) is 0. The molecule has 3 heteroatoms. The maximum atomic E-state index is 6.04. The summed E-state index contributed by atoms with van der Waals surface area (Å²) in [6.45, 7) is 4.52. The smallest absolute Gasteiger partial charge is 0.0798 e. The van der Waals surface area contributed by atoms with Gasteiger partial charge in [0.05, 0.1) is 11.2 Å². The summed E-state index contributed by atoms with van der Waals surface area (Å²) >= 11 is 1.70. The van der Waals surface area contributed by atoms with Gasteiger partial charge in [-0.3, -0.25) is 0 Å². The van der Waals surface area contributed by atoms with E-state index in [2.05, 4.69) is 18.8 Å². The first-order valence-corrected chi connectivity index (χ1v) is 5.14.